The molecule has 1 fully saturated rings. The maximum Gasteiger partial charge on any atom is 0.264 e. The van der Waals surface area contributed by atoms with Gasteiger partial charge in [-0.15, -0.1) is 11.3 Å². The van der Waals surface area contributed by atoms with Crippen LogP contribution >= 0.6 is 11.3 Å². The summed E-state index contributed by atoms with van der Waals surface area (Å²) in [5, 5.41) is 2.08. The van der Waals surface area contributed by atoms with E-state index >= 15 is 0 Å². The van der Waals surface area contributed by atoms with Crippen molar-refractivity contribution in [3.05, 3.63) is 82.3 Å². The van der Waals surface area contributed by atoms with E-state index in [1.54, 1.807) is 47.7 Å². The van der Waals surface area contributed by atoms with Crippen molar-refractivity contribution in [1.29, 1.82) is 0 Å². The number of piperidine rings is 1. The second-order valence-corrected chi connectivity index (χ2v) is 10.5. The molecule has 0 spiro atoms. The molecule has 0 atom stereocenters. The molecule has 7 heteroatoms. The van der Waals surface area contributed by atoms with E-state index < -0.39 is 10.0 Å². The van der Waals surface area contributed by atoms with Crippen LogP contribution in [0.3, 0.4) is 0 Å². The first-order valence-electron chi connectivity index (χ1n) is 10.0. The highest BCUT2D eigenvalue weighted by Gasteiger charge is 2.34. The van der Waals surface area contributed by atoms with Gasteiger partial charge in [-0.3, -0.25) is 9.21 Å². The Morgan fingerprint density at radius 1 is 1.03 bits per heavy atom. The summed E-state index contributed by atoms with van der Waals surface area (Å²) in [6.07, 6.45) is 1.46. The van der Waals surface area contributed by atoms with Gasteiger partial charge in [0.05, 0.1) is 10.6 Å². The Bertz CT molecular complexity index is 1060. The molecular weight excluding hydrogens is 419 g/mol. The van der Waals surface area contributed by atoms with Crippen molar-refractivity contribution in [2.75, 3.05) is 17.4 Å². The molecule has 0 radical (unpaired) electrons. The lowest BCUT2D eigenvalue weighted by atomic mass is 10.0. The van der Waals surface area contributed by atoms with Gasteiger partial charge < -0.3 is 0 Å². The fourth-order valence-electron chi connectivity index (χ4n) is 3.89. The smallest absolute Gasteiger partial charge is 0.264 e. The average molecular weight is 445 g/mol. The van der Waals surface area contributed by atoms with E-state index in [0.29, 0.717) is 5.69 Å². The van der Waals surface area contributed by atoms with Gasteiger partial charge >= 0.3 is 0 Å². The van der Waals surface area contributed by atoms with E-state index in [4.69, 9.17) is 0 Å². The van der Waals surface area contributed by atoms with Crippen LogP contribution in [0, 0.1) is 12.7 Å². The van der Waals surface area contributed by atoms with E-state index in [1.165, 1.54) is 21.3 Å². The van der Waals surface area contributed by atoms with Gasteiger partial charge in [-0.25, -0.2) is 12.8 Å². The molecule has 0 bridgehead atoms. The zero-order valence-electron chi connectivity index (χ0n) is 16.9. The predicted molar refractivity (Wildman–Crippen MR) is 120 cm³/mol. The largest absolute Gasteiger partial charge is 0.298 e. The quantitative estimate of drug-likeness (QED) is 0.534. The third-order valence-corrected chi connectivity index (χ3v) is 8.26. The fourth-order valence-corrected chi connectivity index (χ4v) is 6.35. The second-order valence-electron chi connectivity index (χ2n) is 7.68. The van der Waals surface area contributed by atoms with Crippen LogP contribution in [0.25, 0.3) is 0 Å². The topological polar surface area (TPSA) is 40.6 Å². The number of hydrogen-bond donors (Lipinski definition) is 0. The molecule has 0 aliphatic carbocycles. The van der Waals surface area contributed by atoms with E-state index in [2.05, 4.69) is 22.4 Å². The molecule has 158 valence electrons. The Kier molecular flexibility index (Phi) is 6.22. The van der Waals surface area contributed by atoms with Crippen LogP contribution in [-0.4, -0.2) is 32.4 Å². The summed E-state index contributed by atoms with van der Waals surface area (Å²) >= 11 is 1.74. The summed E-state index contributed by atoms with van der Waals surface area (Å²) in [6.45, 7) is 4.47. The third kappa shape index (κ3) is 4.58. The number of hydrogen-bond acceptors (Lipinski definition) is 4. The summed E-state index contributed by atoms with van der Waals surface area (Å²) in [4.78, 5) is 3.94. The molecular formula is C23H25FN2O2S2. The molecule has 2 heterocycles. The molecule has 1 aliphatic rings. The number of benzene rings is 2. The van der Waals surface area contributed by atoms with Crippen LogP contribution in [-0.2, 0) is 16.6 Å². The van der Waals surface area contributed by atoms with Gasteiger partial charge in [0, 0.05) is 30.6 Å². The van der Waals surface area contributed by atoms with Gasteiger partial charge in [-0.1, -0.05) is 23.8 Å². The minimum atomic E-state index is -3.76. The van der Waals surface area contributed by atoms with Gasteiger partial charge in [-0.2, -0.15) is 0 Å². The van der Waals surface area contributed by atoms with Crippen LogP contribution in [0.1, 0.15) is 23.3 Å². The number of rotatable bonds is 6. The summed E-state index contributed by atoms with van der Waals surface area (Å²) in [5.74, 6) is -0.378. The molecule has 30 heavy (non-hydrogen) atoms. The normalized spacial score (nSPS) is 15.9. The lowest BCUT2D eigenvalue weighted by Gasteiger charge is -2.39. The van der Waals surface area contributed by atoms with Crippen molar-refractivity contribution < 1.29 is 12.8 Å². The minimum Gasteiger partial charge on any atom is -0.298 e. The van der Waals surface area contributed by atoms with E-state index in [9.17, 15) is 12.8 Å². The average Bonchev–Trinajstić information content (AvgIpc) is 3.24. The van der Waals surface area contributed by atoms with Gasteiger partial charge in [-0.05, 0) is 67.6 Å². The van der Waals surface area contributed by atoms with Crippen LogP contribution in [0.15, 0.2) is 70.9 Å². The zero-order chi connectivity index (χ0) is 21.1. The fraction of sp³-hybridized carbons (Fsp3) is 0.304. The molecule has 0 unspecified atom stereocenters. The molecule has 3 aromatic rings. The standard InChI is InChI=1S/C23H25FN2O2S2/c1-18-4-10-23(11-5-18)30(27,28)26(20-8-6-19(24)7-9-20)21-12-14-25(15-13-21)17-22-3-2-16-29-22/h2-11,16,21H,12-15,17H2,1H3. The van der Waals surface area contributed by atoms with E-state index in [1.807, 2.05) is 6.92 Å². The molecule has 0 N–H and O–H groups in total. The van der Waals surface area contributed by atoms with E-state index in [0.717, 1.165) is 38.0 Å². The molecule has 4 nitrogen and oxygen atoms in total. The first-order valence-corrected chi connectivity index (χ1v) is 12.4. The number of aryl methyl sites for hydroxylation is 1. The van der Waals surface area contributed by atoms with Crippen molar-refractivity contribution in [2.24, 2.45) is 0 Å². The van der Waals surface area contributed by atoms with Crippen LogP contribution in [0.2, 0.25) is 0 Å². The molecule has 2 aromatic carbocycles. The van der Waals surface area contributed by atoms with Crippen LogP contribution in [0.4, 0.5) is 10.1 Å². The Labute approximate surface area is 181 Å². The van der Waals surface area contributed by atoms with Gasteiger partial charge in [0.15, 0.2) is 0 Å². The summed E-state index contributed by atoms with van der Waals surface area (Å²) in [7, 11) is -3.76. The molecule has 1 saturated heterocycles. The van der Waals surface area contributed by atoms with Crippen molar-refractivity contribution in [1.82, 2.24) is 4.90 Å². The van der Waals surface area contributed by atoms with E-state index in [-0.39, 0.29) is 16.8 Å². The summed E-state index contributed by atoms with van der Waals surface area (Å²) in [5.41, 5.74) is 1.51. The second kappa shape index (κ2) is 8.88. The predicted octanol–water partition coefficient (Wildman–Crippen LogP) is 5.06. The van der Waals surface area contributed by atoms with Gasteiger partial charge in [0.1, 0.15) is 5.82 Å². The number of anilines is 1. The van der Waals surface area contributed by atoms with Crippen molar-refractivity contribution in [3.8, 4) is 0 Å². The molecule has 0 saturated carbocycles. The maximum atomic E-state index is 13.6. The molecule has 0 amide bonds. The van der Waals surface area contributed by atoms with Gasteiger partial charge in [0.25, 0.3) is 10.0 Å². The number of likely N-dealkylation sites (tertiary alicyclic amines) is 1. The summed E-state index contributed by atoms with van der Waals surface area (Å²) < 4.78 is 42.2. The Hall–Kier alpha value is -2.22. The lowest BCUT2D eigenvalue weighted by molar-refractivity contribution is 0.208. The number of halogens is 1. The van der Waals surface area contributed by atoms with Crippen molar-refractivity contribution >= 4 is 27.0 Å². The number of nitrogens with zero attached hydrogens (tertiary/aromatic N) is 2. The Morgan fingerprint density at radius 2 is 1.70 bits per heavy atom. The van der Waals surface area contributed by atoms with Crippen molar-refractivity contribution in [3.63, 3.8) is 0 Å². The Balaban J connectivity index is 1.60. The molecule has 1 aliphatic heterocycles. The monoisotopic (exact) mass is 444 g/mol. The van der Waals surface area contributed by atoms with Crippen LogP contribution in [0.5, 0.6) is 0 Å². The highest BCUT2D eigenvalue weighted by atomic mass is 32.2. The SMILES string of the molecule is Cc1ccc(S(=O)(=O)N(c2ccc(F)cc2)C2CCN(Cc3cccs3)CC2)cc1. The Morgan fingerprint density at radius 3 is 2.30 bits per heavy atom. The summed E-state index contributed by atoms with van der Waals surface area (Å²) in [6, 6.07) is 16.7. The first-order chi connectivity index (χ1) is 14.4. The maximum absolute atomic E-state index is 13.6. The highest BCUT2D eigenvalue weighted by molar-refractivity contribution is 7.92. The lowest BCUT2D eigenvalue weighted by Crippen LogP contribution is -2.47. The number of sulfonamides is 1. The minimum absolute atomic E-state index is 0.165. The highest BCUT2D eigenvalue weighted by Crippen LogP contribution is 2.31. The van der Waals surface area contributed by atoms with Crippen molar-refractivity contribution in [2.45, 2.75) is 37.2 Å². The first kappa shape index (κ1) is 21.0. The number of thiophene rings is 1. The third-order valence-electron chi connectivity index (χ3n) is 5.51. The van der Waals surface area contributed by atoms with Crippen LogP contribution < -0.4 is 4.31 Å². The zero-order valence-corrected chi connectivity index (χ0v) is 18.5. The molecule has 1 aromatic heterocycles. The van der Waals surface area contributed by atoms with Gasteiger partial charge in [0.2, 0.25) is 0 Å². The molecule has 4 rings (SSSR count).